The average molecular weight is 1610 g/mol. The molecule has 3 amide bonds. The Kier molecular flexibility index (Phi) is 22.0. The summed E-state index contributed by atoms with van der Waals surface area (Å²) in [5.74, 6) is -1.62. The Morgan fingerprint density at radius 3 is 1.45 bits per heavy atom. The highest BCUT2D eigenvalue weighted by atomic mass is 79.9. The third-order valence-corrected chi connectivity index (χ3v) is 21.1. The lowest BCUT2D eigenvalue weighted by atomic mass is 9.92. The van der Waals surface area contributed by atoms with E-state index < -0.39 is 40.8 Å². The van der Waals surface area contributed by atoms with Crippen LogP contribution in [0.5, 0.6) is 5.75 Å². The number of hydrogen-bond acceptors (Lipinski definition) is 10. The van der Waals surface area contributed by atoms with E-state index in [4.69, 9.17) is 37.4 Å². The SMILES string of the molecule is CCCOC(=O)N1CCc2c([nH]c3ccc(Cl)cc23)C1c1cccc(F)c1.CCOC(=O)N1CCc2c([nH]c3ccc(Cl)cc23)C1c1ccc([N+](=O)[O-])cc1.O=C(Oc1ccccc1)N1CCc2c([nH]c3ccc(Br)cc23)C1c1ccccc1.ON1CCc2c([nH]c3ccc(Br)cc23)C1c1cccc(F)c1F. The number of amides is 3. The lowest BCUT2D eigenvalue weighted by Gasteiger charge is -2.35. The number of halogens is 7. The Hall–Kier alpha value is -10.4. The van der Waals surface area contributed by atoms with E-state index in [0.29, 0.717) is 79.1 Å². The van der Waals surface area contributed by atoms with Crippen LogP contribution in [0.3, 0.4) is 0 Å². The van der Waals surface area contributed by atoms with E-state index in [1.54, 1.807) is 47.1 Å². The molecule has 25 heteroatoms. The van der Waals surface area contributed by atoms with Gasteiger partial charge in [0.05, 0.1) is 18.1 Å². The number of benzene rings is 9. The number of rotatable bonds is 9. The number of nitrogens with zero attached hydrogens (tertiary/aromatic N) is 5. The highest BCUT2D eigenvalue weighted by Crippen LogP contribution is 2.45. The molecule has 0 radical (unpaired) electrons. The number of aromatic amines is 4. The van der Waals surface area contributed by atoms with Crippen molar-refractivity contribution in [3.8, 4) is 5.75 Å². The number of ether oxygens (including phenoxy) is 3. The molecule has 4 atom stereocenters. The zero-order valence-corrected chi connectivity index (χ0v) is 62.4. The summed E-state index contributed by atoms with van der Waals surface area (Å²) in [5, 5.41) is 27.9. The van der Waals surface area contributed by atoms with Crippen molar-refractivity contribution in [2.24, 2.45) is 0 Å². The van der Waals surface area contributed by atoms with Crippen LogP contribution < -0.4 is 4.74 Å². The molecule has 0 bridgehead atoms. The fraction of sp³-hybridized carbons (Fsp3) is 0.207. The monoisotopic (exact) mass is 1610 g/mol. The smallest absolute Gasteiger partial charge is 0.416 e. The summed E-state index contributed by atoms with van der Waals surface area (Å²) in [6.45, 7) is 6.28. The van der Waals surface area contributed by atoms with Gasteiger partial charge in [0, 0.05) is 129 Å². The second-order valence-electron chi connectivity index (χ2n) is 26.1. The molecule has 4 aliphatic rings. The zero-order valence-electron chi connectivity index (χ0n) is 57.7. The molecule has 8 heterocycles. The Balaban J connectivity index is 0.000000120. The number of non-ortho nitro benzene ring substituents is 1. The Bertz CT molecular complexity index is 5490. The first kappa shape index (κ1) is 73.5. The van der Waals surface area contributed by atoms with Crippen LogP contribution in [0.2, 0.25) is 10.0 Å². The summed E-state index contributed by atoms with van der Waals surface area (Å²) in [4.78, 5) is 67.8. The van der Waals surface area contributed by atoms with Gasteiger partial charge in [0.2, 0.25) is 0 Å². The first-order chi connectivity index (χ1) is 51.8. The van der Waals surface area contributed by atoms with E-state index in [0.717, 1.165) is 116 Å². The predicted molar refractivity (Wildman–Crippen MR) is 413 cm³/mol. The molecule has 17 rings (SSSR count). The van der Waals surface area contributed by atoms with Gasteiger partial charge in [0.15, 0.2) is 11.6 Å². The second-order valence-corrected chi connectivity index (χ2v) is 28.8. The summed E-state index contributed by atoms with van der Waals surface area (Å²) in [6, 6.07) is 57.6. The number of nitro benzene ring substituents is 1. The lowest BCUT2D eigenvalue weighted by Crippen LogP contribution is -2.42. The topological polar surface area (TPSA) is 218 Å². The van der Waals surface area contributed by atoms with Gasteiger partial charge in [-0.05, 0) is 193 Å². The number of carbonyl (C=O) groups excluding carboxylic acids is 3. The molecule has 4 aliphatic heterocycles. The van der Waals surface area contributed by atoms with Crippen LogP contribution in [0.1, 0.15) is 112 Å². The quantitative estimate of drug-likeness (QED) is 0.0680. The molecule has 0 aliphatic carbocycles. The largest absolute Gasteiger partial charge is 0.450 e. The maximum Gasteiger partial charge on any atom is 0.416 e. The summed E-state index contributed by atoms with van der Waals surface area (Å²) < 4.78 is 60.1. The average Bonchev–Trinajstić information content (AvgIpc) is 1.64. The molecule has 546 valence electrons. The van der Waals surface area contributed by atoms with E-state index in [-0.39, 0.29) is 41.9 Å². The van der Waals surface area contributed by atoms with Crippen LogP contribution in [0, 0.1) is 27.6 Å². The van der Waals surface area contributed by atoms with E-state index in [1.165, 1.54) is 47.3 Å². The van der Waals surface area contributed by atoms with E-state index in [2.05, 4.69) is 76.1 Å². The van der Waals surface area contributed by atoms with Crippen LogP contribution in [-0.2, 0) is 35.2 Å². The molecule has 0 saturated carbocycles. The van der Waals surface area contributed by atoms with E-state index >= 15 is 0 Å². The first-order valence-electron chi connectivity index (χ1n) is 34.9. The number of aromatic nitrogens is 4. The third kappa shape index (κ3) is 15.2. The molecule has 18 nitrogen and oxygen atoms in total. The Morgan fingerprint density at radius 2 is 0.944 bits per heavy atom. The van der Waals surface area contributed by atoms with Crippen LogP contribution in [0.25, 0.3) is 43.6 Å². The van der Waals surface area contributed by atoms with Gasteiger partial charge in [-0.2, -0.15) is 5.06 Å². The molecule has 4 unspecified atom stereocenters. The summed E-state index contributed by atoms with van der Waals surface area (Å²) in [7, 11) is 0. The van der Waals surface area contributed by atoms with Gasteiger partial charge >= 0.3 is 18.3 Å². The van der Waals surface area contributed by atoms with Crippen LogP contribution in [0.15, 0.2) is 209 Å². The van der Waals surface area contributed by atoms with Gasteiger partial charge in [-0.1, -0.05) is 135 Å². The van der Waals surface area contributed by atoms with Crippen LogP contribution >= 0.6 is 55.1 Å². The van der Waals surface area contributed by atoms with Crippen LogP contribution in [0.4, 0.5) is 33.2 Å². The molecule has 9 aromatic carbocycles. The maximum absolute atomic E-state index is 14.2. The minimum Gasteiger partial charge on any atom is -0.450 e. The predicted octanol–water partition coefficient (Wildman–Crippen LogP) is 20.9. The number of fused-ring (bicyclic) bond motifs is 12. The number of nitro groups is 1. The number of carbonyl (C=O) groups is 3. The minimum atomic E-state index is -0.927. The van der Waals surface area contributed by atoms with Crippen molar-refractivity contribution < 1.29 is 51.9 Å². The molecule has 0 saturated heterocycles. The van der Waals surface area contributed by atoms with Gasteiger partial charge in [-0.3, -0.25) is 24.8 Å². The Morgan fingerprint density at radius 1 is 0.505 bits per heavy atom. The number of nitrogens with one attached hydrogen (secondary N) is 4. The number of para-hydroxylation sites is 1. The van der Waals surface area contributed by atoms with Crippen molar-refractivity contribution >= 4 is 123 Å². The van der Waals surface area contributed by atoms with E-state index in [9.17, 15) is 42.9 Å². The minimum absolute atomic E-state index is 0.00546. The Labute approximate surface area is 639 Å². The summed E-state index contributed by atoms with van der Waals surface area (Å²) in [6.07, 6.45) is 2.38. The van der Waals surface area contributed by atoms with Crippen molar-refractivity contribution in [3.05, 3.63) is 314 Å². The van der Waals surface area contributed by atoms with Gasteiger partial charge in [0.1, 0.15) is 35.7 Å². The normalized spacial score (nSPS) is 16.6. The first-order valence-corrected chi connectivity index (χ1v) is 37.2. The number of hydrogen-bond donors (Lipinski definition) is 5. The molecule has 13 aromatic rings. The molecule has 4 aromatic heterocycles. The number of H-pyrrole nitrogens is 4. The fourth-order valence-corrected chi connectivity index (χ4v) is 16.0. The van der Waals surface area contributed by atoms with Crippen molar-refractivity contribution in [2.75, 3.05) is 39.4 Å². The van der Waals surface area contributed by atoms with Crippen molar-refractivity contribution in [2.45, 2.75) is 70.1 Å². The molecule has 0 fully saturated rings. The number of hydroxylamine groups is 2. The van der Waals surface area contributed by atoms with Crippen molar-refractivity contribution in [1.82, 2.24) is 39.7 Å². The van der Waals surface area contributed by atoms with Gasteiger partial charge in [-0.25, -0.2) is 27.6 Å². The summed E-state index contributed by atoms with van der Waals surface area (Å²) in [5.41, 5.74) is 14.6. The maximum atomic E-state index is 14.2. The van der Waals surface area contributed by atoms with Gasteiger partial charge in [-0.15, -0.1) is 0 Å². The summed E-state index contributed by atoms with van der Waals surface area (Å²) >= 11 is 19.4. The second kappa shape index (κ2) is 32.0. The molecule has 107 heavy (non-hydrogen) atoms. The van der Waals surface area contributed by atoms with Crippen molar-refractivity contribution in [1.29, 1.82) is 0 Å². The third-order valence-electron chi connectivity index (χ3n) is 19.7. The molecular weight excluding hydrogens is 1540 g/mol. The van der Waals surface area contributed by atoms with Gasteiger partial charge < -0.3 is 39.4 Å². The lowest BCUT2D eigenvalue weighted by molar-refractivity contribution is -0.384. The molecule has 5 N–H and O–H groups in total. The standard InChI is InChI=1S/C24H19BrN2O2.C21H20ClFN2O2.C20H18ClN3O4.C17H13BrF2N2O/c25-17-11-12-21-20(15-17)19-13-14-27(24(28)29-18-9-5-2-6-10-18)23(22(19)26-21)16-7-3-1-4-8-16;1-2-10-27-21(26)25-9-8-16-17-12-14(22)6-7-18(17)24-19(16)20(25)13-4-3-5-15(23)11-13;1-2-28-20(25)23-10-9-15-16-11-13(21)5-8-17(16)22-18(15)19(23)12-3-6-14(7-4-12)24(26)27;18-9-4-5-14-12(8-9)10-6-7-22(23)17(16(10)21-14)11-2-1-3-13(19)15(11)20/h1-12,15,23,26H,13-14H2;3-7,11-12,20,24H,2,8-10H2,1H3;3-8,11,19,22H,2,9-10H2,1H3;1-5,8,17,21,23H,6-7H2. The highest BCUT2D eigenvalue weighted by Gasteiger charge is 2.40. The fourth-order valence-electron chi connectivity index (χ4n) is 14.9. The zero-order chi connectivity index (χ0) is 74.7. The van der Waals surface area contributed by atoms with Crippen LogP contribution in [-0.4, -0.2) is 108 Å². The van der Waals surface area contributed by atoms with Gasteiger partial charge in [0.25, 0.3) is 5.69 Å². The molecular formula is C82H70Br2Cl2F3N9O9. The highest BCUT2D eigenvalue weighted by molar-refractivity contribution is 9.10. The molecule has 0 spiro atoms. The van der Waals surface area contributed by atoms with E-state index in [1.807, 2.05) is 115 Å². The van der Waals surface area contributed by atoms with Crippen molar-refractivity contribution in [3.63, 3.8) is 0 Å².